The lowest BCUT2D eigenvalue weighted by Gasteiger charge is -2.27. The van der Waals surface area contributed by atoms with Gasteiger partial charge >= 0.3 is 0 Å². The first-order valence-corrected chi connectivity index (χ1v) is 6.15. The van der Waals surface area contributed by atoms with Gasteiger partial charge in [-0.15, -0.1) is 11.6 Å². The van der Waals surface area contributed by atoms with Crippen molar-refractivity contribution in [1.82, 2.24) is 14.8 Å². The van der Waals surface area contributed by atoms with Crippen molar-refractivity contribution in [2.45, 2.75) is 25.7 Å². The molecule has 2 fully saturated rings. The Kier molecular flexibility index (Phi) is 2.06. The maximum atomic E-state index is 6.16. The Morgan fingerprint density at radius 1 is 1.53 bits per heavy atom. The van der Waals surface area contributed by atoms with Crippen molar-refractivity contribution >= 4 is 11.6 Å². The topological polar surface area (TPSA) is 30.7 Å². The Balaban J connectivity index is 1.78. The highest BCUT2D eigenvalue weighted by Gasteiger charge is 2.53. The van der Waals surface area contributed by atoms with E-state index in [0.29, 0.717) is 5.41 Å². The first kappa shape index (κ1) is 9.64. The lowest BCUT2D eigenvalue weighted by molar-refractivity contribution is 0.293. The maximum Gasteiger partial charge on any atom is 0.138 e. The van der Waals surface area contributed by atoms with Gasteiger partial charge in [-0.05, 0) is 36.5 Å². The molecule has 0 amide bonds. The van der Waals surface area contributed by atoms with Crippen molar-refractivity contribution in [3.8, 4) is 0 Å². The Morgan fingerprint density at radius 3 is 2.80 bits per heavy atom. The molecule has 0 bridgehead atoms. The zero-order chi connectivity index (χ0) is 10.5. The lowest BCUT2D eigenvalue weighted by atomic mass is 9.81. The molecule has 3 nitrogen and oxygen atoms in total. The second-order valence-corrected chi connectivity index (χ2v) is 5.54. The monoisotopic (exact) mass is 225 g/mol. The zero-order valence-electron chi connectivity index (χ0n) is 8.99. The van der Waals surface area contributed by atoms with E-state index in [1.807, 2.05) is 11.7 Å². The highest BCUT2D eigenvalue weighted by molar-refractivity contribution is 6.18. The number of aromatic nitrogens is 3. The van der Waals surface area contributed by atoms with Crippen LogP contribution in [0.5, 0.6) is 0 Å². The van der Waals surface area contributed by atoms with Crippen LogP contribution < -0.4 is 0 Å². The van der Waals surface area contributed by atoms with E-state index in [1.54, 1.807) is 6.33 Å². The van der Waals surface area contributed by atoms with E-state index in [1.165, 1.54) is 19.3 Å². The summed E-state index contributed by atoms with van der Waals surface area (Å²) in [6.07, 6.45) is 6.67. The van der Waals surface area contributed by atoms with Crippen molar-refractivity contribution in [3.63, 3.8) is 0 Å². The van der Waals surface area contributed by atoms with Gasteiger partial charge in [-0.2, -0.15) is 5.10 Å². The SMILES string of the molecule is Cn1ncnc1CC1(CCl)CC2CC2C1. The Labute approximate surface area is 94.8 Å². The molecule has 15 heavy (non-hydrogen) atoms. The highest BCUT2D eigenvalue weighted by Crippen LogP contribution is 2.61. The highest BCUT2D eigenvalue weighted by atomic mass is 35.5. The molecule has 0 radical (unpaired) electrons. The predicted octanol–water partition coefficient (Wildman–Crippen LogP) is 2.01. The molecule has 0 saturated heterocycles. The quantitative estimate of drug-likeness (QED) is 0.737. The average molecular weight is 226 g/mol. The molecule has 0 spiro atoms. The number of fused-ring (bicyclic) bond motifs is 1. The van der Waals surface area contributed by atoms with Crippen molar-refractivity contribution in [2.75, 3.05) is 5.88 Å². The largest absolute Gasteiger partial charge is 0.253 e. The van der Waals surface area contributed by atoms with Gasteiger partial charge in [0, 0.05) is 19.3 Å². The molecular formula is C11H16ClN3. The van der Waals surface area contributed by atoms with Gasteiger partial charge in [0.1, 0.15) is 12.2 Å². The smallest absolute Gasteiger partial charge is 0.138 e. The number of hydrogen-bond donors (Lipinski definition) is 0. The molecule has 0 aliphatic heterocycles. The van der Waals surface area contributed by atoms with E-state index in [-0.39, 0.29) is 0 Å². The van der Waals surface area contributed by atoms with Crippen LogP contribution in [-0.2, 0) is 13.5 Å². The number of halogens is 1. The van der Waals surface area contributed by atoms with Crippen LogP contribution in [0.15, 0.2) is 6.33 Å². The van der Waals surface area contributed by atoms with Crippen molar-refractivity contribution < 1.29 is 0 Å². The summed E-state index contributed by atoms with van der Waals surface area (Å²) in [7, 11) is 1.96. The van der Waals surface area contributed by atoms with Gasteiger partial charge in [0.05, 0.1) is 0 Å². The summed E-state index contributed by atoms with van der Waals surface area (Å²) in [5.41, 5.74) is 0.315. The van der Waals surface area contributed by atoms with Gasteiger partial charge < -0.3 is 0 Å². The van der Waals surface area contributed by atoms with E-state index >= 15 is 0 Å². The summed E-state index contributed by atoms with van der Waals surface area (Å²) < 4.78 is 1.87. The fourth-order valence-electron chi connectivity index (χ4n) is 3.12. The second kappa shape index (κ2) is 3.21. The first-order chi connectivity index (χ1) is 7.22. The third-order valence-electron chi connectivity index (χ3n) is 4.08. The van der Waals surface area contributed by atoms with E-state index in [9.17, 15) is 0 Å². The number of alkyl halides is 1. The van der Waals surface area contributed by atoms with Gasteiger partial charge in [-0.25, -0.2) is 4.98 Å². The average Bonchev–Trinajstić information content (AvgIpc) is 2.66. The van der Waals surface area contributed by atoms with Crippen molar-refractivity contribution in [1.29, 1.82) is 0 Å². The lowest BCUT2D eigenvalue weighted by Crippen LogP contribution is -2.25. The molecule has 1 heterocycles. The van der Waals surface area contributed by atoms with Crippen LogP contribution in [0, 0.1) is 17.3 Å². The summed E-state index contributed by atoms with van der Waals surface area (Å²) >= 11 is 6.16. The standard InChI is InChI=1S/C11H16ClN3/c1-15-10(13-7-14-15)5-11(6-12)3-8-2-9(8)4-11/h7-9H,2-6H2,1H3. The predicted molar refractivity (Wildman–Crippen MR) is 58.7 cm³/mol. The number of aryl methyl sites for hydroxylation is 1. The fraction of sp³-hybridized carbons (Fsp3) is 0.818. The summed E-state index contributed by atoms with van der Waals surface area (Å²) in [5, 5.41) is 4.12. The van der Waals surface area contributed by atoms with E-state index in [4.69, 9.17) is 11.6 Å². The number of rotatable bonds is 3. The van der Waals surface area contributed by atoms with Crippen molar-refractivity contribution in [3.05, 3.63) is 12.2 Å². The fourth-order valence-corrected chi connectivity index (χ4v) is 3.43. The minimum atomic E-state index is 0.315. The van der Waals surface area contributed by atoms with E-state index < -0.39 is 0 Å². The van der Waals surface area contributed by atoms with Crippen LogP contribution in [0.4, 0.5) is 0 Å². The van der Waals surface area contributed by atoms with Gasteiger partial charge in [-0.3, -0.25) is 4.68 Å². The molecule has 2 aliphatic carbocycles. The van der Waals surface area contributed by atoms with Crippen LogP contribution in [-0.4, -0.2) is 20.6 Å². The minimum absolute atomic E-state index is 0.315. The minimum Gasteiger partial charge on any atom is -0.253 e. The molecule has 2 aliphatic rings. The molecule has 0 aromatic carbocycles. The third kappa shape index (κ3) is 1.57. The van der Waals surface area contributed by atoms with Crippen molar-refractivity contribution in [2.24, 2.45) is 24.3 Å². The molecule has 2 unspecified atom stereocenters. The second-order valence-electron chi connectivity index (χ2n) is 5.27. The summed E-state index contributed by atoms with van der Waals surface area (Å²) in [6.45, 7) is 0. The molecule has 0 N–H and O–H groups in total. The van der Waals surface area contributed by atoms with Crippen LogP contribution in [0.2, 0.25) is 0 Å². The first-order valence-electron chi connectivity index (χ1n) is 5.61. The van der Waals surface area contributed by atoms with Crippen LogP contribution >= 0.6 is 11.6 Å². The van der Waals surface area contributed by atoms with Gasteiger partial charge in [-0.1, -0.05) is 0 Å². The third-order valence-corrected chi connectivity index (χ3v) is 4.65. The Bertz CT molecular complexity index is 364. The van der Waals surface area contributed by atoms with Crippen LogP contribution in [0.3, 0.4) is 0 Å². The molecule has 3 rings (SSSR count). The normalized spacial score (nSPS) is 38.0. The Hall–Kier alpha value is -0.570. The Morgan fingerprint density at radius 2 is 2.27 bits per heavy atom. The molecular weight excluding hydrogens is 210 g/mol. The number of hydrogen-bond acceptors (Lipinski definition) is 2. The molecule has 1 aromatic rings. The molecule has 1 aromatic heterocycles. The molecule has 4 heteroatoms. The van der Waals surface area contributed by atoms with Gasteiger partial charge in [0.15, 0.2) is 0 Å². The summed E-state index contributed by atoms with van der Waals surface area (Å²) in [4.78, 5) is 4.31. The maximum absolute atomic E-state index is 6.16. The van der Waals surface area contributed by atoms with Gasteiger partial charge in [0.25, 0.3) is 0 Å². The molecule has 2 saturated carbocycles. The van der Waals surface area contributed by atoms with Crippen LogP contribution in [0.25, 0.3) is 0 Å². The molecule has 2 atom stereocenters. The van der Waals surface area contributed by atoms with E-state index in [2.05, 4.69) is 10.1 Å². The molecule has 82 valence electrons. The number of nitrogens with zero attached hydrogens (tertiary/aromatic N) is 3. The zero-order valence-corrected chi connectivity index (χ0v) is 9.74. The summed E-state index contributed by atoms with van der Waals surface area (Å²) in [6, 6.07) is 0. The van der Waals surface area contributed by atoms with Gasteiger partial charge in [0.2, 0.25) is 0 Å². The van der Waals surface area contributed by atoms with E-state index in [0.717, 1.165) is 30.0 Å². The van der Waals surface area contributed by atoms with Crippen LogP contribution in [0.1, 0.15) is 25.1 Å². The summed E-state index contributed by atoms with van der Waals surface area (Å²) in [5.74, 6) is 3.79.